The number of rotatable bonds is 4. The number of carbonyl (C=O) groups excluding carboxylic acids is 1. The van der Waals surface area contributed by atoms with Gasteiger partial charge in [-0.2, -0.15) is 5.10 Å². The molecule has 1 aliphatic rings. The number of H-pyrrole nitrogens is 1. The Labute approximate surface area is 140 Å². The molecule has 0 aliphatic carbocycles. The number of aromatic nitrogens is 2. The van der Waals surface area contributed by atoms with Gasteiger partial charge in [0.25, 0.3) is 5.56 Å². The highest BCUT2D eigenvalue weighted by molar-refractivity contribution is 5.90. The van der Waals surface area contributed by atoms with Crippen molar-refractivity contribution in [2.75, 3.05) is 26.8 Å². The van der Waals surface area contributed by atoms with Gasteiger partial charge in [-0.3, -0.25) is 9.59 Å². The van der Waals surface area contributed by atoms with Crippen molar-refractivity contribution < 1.29 is 9.53 Å². The van der Waals surface area contributed by atoms with Crippen LogP contribution in [0.5, 0.6) is 0 Å². The van der Waals surface area contributed by atoms with Crippen molar-refractivity contribution in [3.63, 3.8) is 0 Å². The van der Waals surface area contributed by atoms with E-state index in [0.29, 0.717) is 17.0 Å². The zero-order chi connectivity index (χ0) is 17.1. The number of fused-ring (bicyclic) bond motifs is 1. The van der Waals surface area contributed by atoms with Crippen LogP contribution < -0.4 is 5.56 Å². The molecule has 1 saturated heterocycles. The highest BCUT2D eigenvalue weighted by atomic mass is 16.5. The highest BCUT2D eigenvalue weighted by Gasteiger charge is 2.25. The van der Waals surface area contributed by atoms with E-state index < -0.39 is 5.92 Å². The Morgan fingerprint density at radius 3 is 2.71 bits per heavy atom. The van der Waals surface area contributed by atoms with Crippen molar-refractivity contribution in [2.24, 2.45) is 5.92 Å². The molecule has 0 radical (unpaired) electrons. The smallest absolute Gasteiger partial charge is 0.272 e. The van der Waals surface area contributed by atoms with Crippen LogP contribution in [0, 0.1) is 5.92 Å². The van der Waals surface area contributed by atoms with E-state index in [4.69, 9.17) is 4.74 Å². The largest absolute Gasteiger partial charge is 0.381 e. The lowest BCUT2D eigenvalue weighted by Gasteiger charge is -2.28. The Kier molecular flexibility index (Phi) is 4.94. The summed E-state index contributed by atoms with van der Waals surface area (Å²) in [5.74, 6) is 0.1000. The van der Waals surface area contributed by atoms with Crippen LogP contribution in [0.25, 0.3) is 10.8 Å². The molecule has 0 bridgehead atoms. The van der Waals surface area contributed by atoms with Crippen LogP contribution in [0.2, 0.25) is 0 Å². The van der Waals surface area contributed by atoms with Crippen LogP contribution in [0.3, 0.4) is 0 Å². The van der Waals surface area contributed by atoms with Crippen molar-refractivity contribution in [2.45, 2.75) is 25.7 Å². The molecule has 1 atom stereocenters. The molecule has 1 N–H and O–H groups in total. The molecular weight excluding hydrogens is 306 g/mol. The predicted octanol–water partition coefficient (Wildman–Crippen LogP) is 1.91. The van der Waals surface area contributed by atoms with E-state index in [-0.39, 0.29) is 11.5 Å². The van der Waals surface area contributed by atoms with Gasteiger partial charge in [0.1, 0.15) is 0 Å². The van der Waals surface area contributed by atoms with Crippen LogP contribution in [0.4, 0.5) is 0 Å². The van der Waals surface area contributed by atoms with Gasteiger partial charge in [0.2, 0.25) is 5.91 Å². The molecule has 0 saturated carbocycles. The summed E-state index contributed by atoms with van der Waals surface area (Å²) in [5, 5.41) is 7.96. The van der Waals surface area contributed by atoms with Crippen LogP contribution in [0.15, 0.2) is 29.1 Å². The lowest BCUT2D eigenvalue weighted by molar-refractivity contribution is -0.132. The van der Waals surface area contributed by atoms with E-state index in [2.05, 4.69) is 10.2 Å². The maximum Gasteiger partial charge on any atom is 0.272 e. The normalized spacial score (nSPS) is 16.9. The van der Waals surface area contributed by atoms with E-state index in [1.54, 1.807) is 11.0 Å². The van der Waals surface area contributed by atoms with Crippen molar-refractivity contribution in [3.05, 3.63) is 40.3 Å². The van der Waals surface area contributed by atoms with E-state index in [0.717, 1.165) is 38.0 Å². The maximum atomic E-state index is 12.8. The molecule has 24 heavy (non-hydrogen) atoms. The number of aromatic amines is 1. The first-order chi connectivity index (χ1) is 11.6. The van der Waals surface area contributed by atoms with Gasteiger partial charge >= 0.3 is 0 Å². The second-order valence-corrected chi connectivity index (χ2v) is 6.48. The summed E-state index contributed by atoms with van der Waals surface area (Å²) in [4.78, 5) is 26.5. The fourth-order valence-electron chi connectivity index (χ4n) is 3.32. The van der Waals surface area contributed by atoms with E-state index >= 15 is 0 Å². The lowest BCUT2D eigenvalue weighted by atomic mass is 9.97. The second kappa shape index (κ2) is 7.13. The quantitative estimate of drug-likeness (QED) is 0.930. The van der Waals surface area contributed by atoms with E-state index in [1.165, 1.54) is 0 Å². The first-order valence-corrected chi connectivity index (χ1v) is 8.38. The molecule has 0 spiro atoms. The van der Waals surface area contributed by atoms with Gasteiger partial charge in [-0.1, -0.05) is 18.2 Å². The summed E-state index contributed by atoms with van der Waals surface area (Å²) < 4.78 is 5.37. The summed E-state index contributed by atoms with van der Waals surface area (Å²) in [6.07, 6.45) is 1.98. The Morgan fingerprint density at radius 2 is 2.00 bits per heavy atom. The van der Waals surface area contributed by atoms with Crippen LogP contribution in [0.1, 0.15) is 31.4 Å². The third kappa shape index (κ3) is 3.33. The van der Waals surface area contributed by atoms with Gasteiger partial charge in [0.15, 0.2) is 0 Å². The number of carbonyl (C=O) groups is 1. The fourth-order valence-corrected chi connectivity index (χ4v) is 3.32. The van der Waals surface area contributed by atoms with Gasteiger partial charge in [0, 0.05) is 32.2 Å². The average Bonchev–Trinajstić information content (AvgIpc) is 2.62. The molecule has 128 valence electrons. The van der Waals surface area contributed by atoms with Crippen molar-refractivity contribution in [1.29, 1.82) is 0 Å². The number of nitrogens with zero attached hydrogens (tertiary/aromatic N) is 2. The van der Waals surface area contributed by atoms with Crippen LogP contribution in [-0.4, -0.2) is 47.8 Å². The number of amides is 1. The molecule has 1 aromatic heterocycles. The molecule has 6 nitrogen and oxygen atoms in total. The number of ether oxygens (including phenoxy) is 1. The molecule has 1 aliphatic heterocycles. The van der Waals surface area contributed by atoms with Crippen molar-refractivity contribution in [3.8, 4) is 0 Å². The Hall–Kier alpha value is -2.21. The molecule has 6 heteroatoms. The summed E-state index contributed by atoms with van der Waals surface area (Å²) in [6, 6.07) is 7.26. The Balaban J connectivity index is 1.80. The standard InChI is InChI=1S/C18H23N3O3/c1-12(18(23)21(2)11-13-7-9-24-10-8-13)16-14-5-3-4-6-15(14)17(22)20-19-16/h3-6,12-13H,7-11H2,1-2H3,(H,20,22). The highest BCUT2D eigenvalue weighted by Crippen LogP contribution is 2.23. The summed E-state index contributed by atoms with van der Waals surface area (Å²) >= 11 is 0. The lowest BCUT2D eigenvalue weighted by Crippen LogP contribution is -2.37. The number of likely N-dealkylation sites (N-methyl/N-ethyl adjacent to an activating group) is 1. The third-order valence-corrected chi connectivity index (χ3v) is 4.76. The number of nitrogens with one attached hydrogen (secondary N) is 1. The second-order valence-electron chi connectivity index (χ2n) is 6.48. The zero-order valence-electron chi connectivity index (χ0n) is 14.1. The summed E-state index contributed by atoms with van der Waals surface area (Å²) in [5.41, 5.74) is 0.388. The number of hydrogen-bond acceptors (Lipinski definition) is 4. The van der Waals surface area contributed by atoms with Gasteiger partial charge < -0.3 is 9.64 Å². The number of hydrogen-bond donors (Lipinski definition) is 1. The maximum absolute atomic E-state index is 12.8. The molecule has 1 unspecified atom stereocenters. The van der Waals surface area contributed by atoms with Crippen molar-refractivity contribution in [1.82, 2.24) is 15.1 Å². The van der Waals surface area contributed by atoms with Gasteiger partial charge in [-0.15, -0.1) is 0 Å². The van der Waals surface area contributed by atoms with Gasteiger partial charge in [-0.05, 0) is 31.7 Å². The fraction of sp³-hybridized carbons (Fsp3) is 0.500. The van der Waals surface area contributed by atoms with Crippen molar-refractivity contribution >= 4 is 16.7 Å². The minimum atomic E-state index is -0.406. The molecule has 3 rings (SSSR count). The van der Waals surface area contributed by atoms with E-state index in [9.17, 15) is 9.59 Å². The molecule has 1 amide bonds. The minimum absolute atomic E-state index is 0.0196. The summed E-state index contributed by atoms with van der Waals surface area (Å²) in [7, 11) is 1.84. The van der Waals surface area contributed by atoms with Gasteiger partial charge in [-0.25, -0.2) is 5.10 Å². The molecule has 2 heterocycles. The summed E-state index contributed by atoms with van der Waals surface area (Å²) in [6.45, 7) is 4.12. The van der Waals surface area contributed by atoms with E-state index in [1.807, 2.05) is 32.2 Å². The predicted molar refractivity (Wildman–Crippen MR) is 92.0 cm³/mol. The SMILES string of the molecule is CC(C(=O)N(C)CC1CCOCC1)c1n[nH]c(=O)c2ccccc12. The van der Waals surface area contributed by atoms with Gasteiger partial charge in [0.05, 0.1) is 17.0 Å². The molecule has 2 aromatic rings. The Bertz CT molecular complexity index is 780. The molecule has 1 fully saturated rings. The van der Waals surface area contributed by atoms with Crippen LogP contribution >= 0.6 is 0 Å². The van der Waals surface area contributed by atoms with Crippen LogP contribution in [-0.2, 0) is 9.53 Å². The monoisotopic (exact) mass is 329 g/mol. The zero-order valence-corrected chi connectivity index (χ0v) is 14.1. The topological polar surface area (TPSA) is 75.3 Å². The first kappa shape index (κ1) is 16.6. The first-order valence-electron chi connectivity index (χ1n) is 8.38. The molecular formula is C18H23N3O3. The number of benzene rings is 1. The third-order valence-electron chi connectivity index (χ3n) is 4.76. The minimum Gasteiger partial charge on any atom is -0.381 e. The average molecular weight is 329 g/mol. The molecule has 1 aromatic carbocycles. The Morgan fingerprint density at radius 1 is 1.33 bits per heavy atom.